The number of halogens is 1. The van der Waals surface area contributed by atoms with Crippen molar-refractivity contribution < 1.29 is 33.9 Å². The smallest absolute Gasteiger partial charge is 0.522 e. The van der Waals surface area contributed by atoms with Crippen LogP contribution in [0.1, 0.15) is 29.8 Å². The number of ether oxygens (including phenoxy) is 1. The Morgan fingerprint density at radius 3 is 2.60 bits per heavy atom. The second-order valence-corrected chi connectivity index (χ2v) is 7.35. The van der Waals surface area contributed by atoms with Gasteiger partial charge in [-0.3, -0.25) is 9.59 Å². The Bertz CT molecular complexity index is 832. The number of rotatable bonds is 6. The number of aryl methyl sites for hydroxylation is 1. The monoisotopic (exact) mass is 441 g/mol. The Balaban J connectivity index is 0.00000320. The van der Waals surface area contributed by atoms with Crippen LogP contribution in [0.2, 0.25) is 6.32 Å². The van der Waals surface area contributed by atoms with Gasteiger partial charge in [-0.25, -0.2) is 4.79 Å². The lowest BCUT2D eigenvalue weighted by atomic mass is 9.78. The molecule has 5 N–H and O–H groups in total. The minimum Gasteiger partial charge on any atom is -0.535 e. The maximum atomic E-state index is 12.4. The summed E-state index contributed by atoms with van der Waals surface area (Å²) in [6, 6.07) is 1.86. The van der Waals surface area contributed by atoms with E-state index in [0.29, 0.717) is 18.3 Å². The van der Waals surface area contributed by atoms with E-state index < -0.39 is 31.1 Å². The molecule has 0 saturated carbocycles. The fraction of sp³-hybridized carbons (Fsp3) is 0.500. The number of aromatic carboxylic acids is 1. The summed E-state index contributed by atoms with van der Waals surface area (Å²) in [4.78, 5) is 37.2. The van der Waals surface area contributed by atoms with Gasteiger partial charge in [0.05, 0.1) is 19.1 Å². The lowest BCUT2D eigenvalue weighted by Crippen LogP contribution is -2.61. The number of carboxylic acid groups (broad SMARTS) is 1. The van der Waals surface area contributed by atoms with E-state index in [4.69, 9.17) is 15.1 Å². The van der Waals surface area contributed by atoms with Gasteiger partial charge in [-0.1, -0.05) is 6.07 Å². The zero-order valence-corrected chi connectivity index (χ0v) is 17.5. The molecular weight excluding hydrogens is 416 g/mol. The highest BCUT2D eigenvalue weighted by Crippen LogP contribution is 2.37. The minimum absolute atomic E-state index is 0. The maximum absolute atomic E-state index is 12.4. The summed E-state index contributed by atoms with van der Waals surface area (Å²) in [5, 5.41) is 21.8. The summed E-state index contributed by atoms with van der Waals surface area (Å²) in [6.07, 6.45) is 0.511. The summed E-state index contributed by atoms with van der Waals surface area (Å²) in [5.74, 6) is -1.66. The molecule has 0 aliphatic carbocycles. The van der Waals surface area contributed by atoms with E-state index in [0.717, 1.165) is 0 Å². The van der Waals surface area contributed by atoms with Gasteiger partial charge in [0.15, 0.2) is 0 Å². The number of nitrogens with zero attached hydrogens (tertiary/aromatic N) is 1. The maximum Gasteiger partial charge on any atom is 0.522 e. The first kappa shape index (κ1) is 23.8. The molecule has 1 fully saturated rings. The first-order chi connectivity index (χ1) is 13.7. The van der Waals surface area contributed by atoms with Crippen LogP contribution in [0.25, 0.3) is 0 Å². The van der Waals surface area contributed by atoms with Crippen LogP contribution in [0, 0.1) is 0 Å². The molecule has 1 saturated heterocycles. The third kappa shape index (κ3) is 4.97. The average Bonchev–Trinajstić information content (AvgIpc) is 2.62. The predicted molar refractivity (Wildman–Crippen MR) is 110 cm³/mol. The van der Waals surface area contributed by atoms with Crippen LogP contribution in [-0.2, 0) is 16.0 Å². The van der Waals surface area contributed by atoms with Gasteiger partial charge in [0.1, 0.15) is 29.2 Å². The van der Waals surface area contributed by atoms with Crippen LogP contribution >= 0.6 is 12.4 Å². The standard InChI is InChI=1S/C18H24BN3O7.ClH/c1-9(20)16(23)21-10(2)17(24)22-7-12(8-22)28-13-4-3-11-5-6-19(27)29-15(11)14(13)18(25)26;/h3-4,9-10,12,27H,5-8,20H2,1-2H3,(H,21,23)(H,25,26);1H. The van der Waals surface area contributed by atoms with Crippen LogP contribution in [0.15, 0.2) is 12.1 Å². The van der Waals surface area contributed by atoms with E-state index in [1.54, 1.807) is 19.1 Å². The van der Waals surface area contributed by atoms with Crippen LogP contribution in [0.3, 0.4) is 0 Å². The zero-order chi connectivity index (χ0) is 21.3. The molecule has 0 bridgehead atoms. The minimum atomic E-state index is -1.22. The van der Waals surface area contributed by atoms with Crippen molar-refractivity contribution >= 4 is 37.3 Å². The molecule has 0 aromatic heterocycles. The van der Waals surface area contributed by atoms with E-state index in [2.05, 4.69) is 5.32 Å². The molecule has 164 valence electrons. The molecule has 1 aromatic rings. The second-order valence-electron chi connectivity index (χ2n) is 7.35. The number of carbonyl (C=O) groups is 3. The van der Waals surface area contributed by atoms with Crippen molar-refractivity contribution in [3.8, 4) is 11.5 Å². The number of benzene rings is 1. The molecular formula is C18H25BClN3O7. The summed E-state index contributed by atoms with van der Waals surface area (Å²) in [5.41, 5.74) is 6.04. The molecule has 2 unspecified atom stereocenters. The number of fused-ring (bicyclic) bond motifs is 1. The van der Waals surface area contributed by atoms with Gasteiger partial charge in [-0.15, -0.1) is 12.4 Å². The Kier molecular flexibility index (Phi) is 7.56. The van der Waals surface area contributed by atoms with Crippen molar-refractivity contribution in [2.75, 3.05) is 13.1 Å². The molecule has 10 nitrogen and oxygen atoms in total. The van der Waals surface area contributed by atoms with Crippen molar-refractivity contribution in [2.24, 2.45) is 5.73 Å². The first-order valence-electron chi connectivity index (χ1n) is 9.42. The molecule has 2 aliphatic heterocycles. The molecule has 2 atom stereocenters. The number of hydrogen-bond acceptors (Lipinski definition) is 7. The van der Waals surface area contributed by atoms with Crippen molar-refractivity contribution in [1.29, 1.82) is 0 Å². The van der Waals surface area contributed by atoms with E-state index in [1.165, 1.54) is 11.8 Å². The van der Waals surface area contributed by atoms with Crippen LogP contribution < -0.4 is 20.4 Å². The number of nitrogens with one attached hydrogen (secondary N) is 1. The number of likely N-dealkylation sites (tertiary alicyclic amines) is 1. The first-order valence-corrected chi connectivity index (χ1v) is 9.42. The van der Waals surface area contributed by atoms with Gasteiger partial charge in [0.2, 0.25) is 11.8 Å². The number of nitrogens with two attached hydrogens (primary N) is 1. The number of carbonyl (C=O) groups excluding carboxylic acids is 2. The van der Waals surface area contributed by atoms with Crippen molar-refractivity contribution in [3.63, 3.8) is 0 Å². The van der Waals surface area contributed by atoms with E-state index in [-0.39, 0.29) is 54.6 Å². The second kappa shape index (κ2) is 9.54. The molecule has 30 heavy (non-hydrogen) atoms. The zero-order valence-electron chi connectivity index (χ0n) is 16.7. The molecule has 1 aromatic carbocycles. The van der Waals surface area contributed by atoms with E-state index in [1.807, 2.05) is 0 Å². The van der Waals surface area contributed by atoms with Crippen molar-refractivity contribution in [1.82, 2.24) is 10.2 Å². The van der Waals surface area contributed by atoms with Crippen molar-refractivity contribution in [3.05, 3.63) is 23.3 Å². The predicted octanol–water partition coefficient (Wildman–Crippen LogP) is -0.336. The highest BCUT2D eigenvalue weighted by atomic mass is 35.5. The number of amides is 2. The molecule has 0 radical (unpaired) electrons. The van der Waals surface area contributed by atoms with Crippen LogP contribution in [0.4, 0.5) is 0 Å². The quantitative estimate of drug-likeness (QED) is 0.438. The highest BCUT2D eigenvalue weighted by Gasteiger charge is 2.37. The number of hydrogen-bond donors (Lipinski definition) is 4. The molecule has 2 heterocycles. The fourth-order valence-electron chi connectivity index (χ4n) is 3.27. The Morgan fingerprint density at radius 1 is 1.33 bits per heavy atom. The molecule has 3 rings (SSSR count). The van der Waals surface area contributed by atoms with Gasteiger partial charge >= 0.3 is 13.1 Å². The van der Waals surface area contributed by atoms with Crippen molar-refractivity contribution in [2.45, 2.75) is 44.8 Å². The summed E-state index contributed by atoms with van der Waals surface area (Å²) < 4.78 is 11.1. The summed E-state index contributed by atoms with van der Waals surface area (Å²) in [6.45, 7) is 3.63. The summed E-state index contributed by atoms with van der Waals surface area (Å²) in [7, 11) is -1.05. The third-order valence-corrected chi connectivity index (χ3v) is 4.93. The normalized spacial score (nSPS) is 17.5. The third-order valence-electron chi connectivity index (χ3n) is 4.93. The Morgan fingerprint density at radius 2 is 2.00 bits per heavy atom. The Labute approximate surface area is 180 Å². The molecule has 0 spiro atoms. The highest BCUT2D eigenvalue weighted by molar-refractivity contribution is 6.44. The van der Waals surface area contributed by atoms with Crippen LogP contribution in [0.5, 0.6) is 11.5 Å². The lowest BCUT2D eigenvalue weighted by molar-refractivity contribution is -0.143. The SMILES string of the molecule is CC(N)C(=O)NC(C)C(=O)N1CC(Oc2ccc3c(c2C(=O)O)OB(O)CC3)C1.Cl. The van der Waals surface area contributed by atoms with Gasteiger partial charge in [0.25, 0.3) is 0 Å². The largest absolute Gasteiger partial charge is 0.535 e. The van der Waals surface area contributed by atoms with Gasteiger partial charge in [-0.2, -0.15) is 0 Å². The topological polar surface area (TPSA) is 151 Å². The molecule has 2 aliphatic rings. The summed E-state index contributed by atoms with van der Waals surface area (Å²) >= 11 is 0. The van der Waals surface area contributed by atoms with Gasteiger partial charge < -0.3 is 35.5 Å². The molecule has 2 amide bonds. The van der Waals surface area contributed by atoms with Gasteiger partial charge in [0, 0.05) is 0 Å². The van der Waals surface area contributed by atoms with Crippen LogP contribution in [-0.4, -0.2) is 71.2 Å². The fourth-order valence-corrected chi connectivity index (χ4v) is 3.27. The van der Waals surface area contributed by atoms with Gasteiger partial charge in [-0.05, 0) is 38.2 Å². The van der Waals surface area contributed by atoms with E-state index >= 15 is 0 Å². The lowest BCUT2D eigenvalue weighted by Gasteiger charge is -2.40. The Hall–Kier alpha value is -2.50. The van der Waals surface area contributed by atoms with E-state index in [9.17, 15) is 24.5 Å². The molecule has 12 heteroatoms. The average molecular weight is 442 g/mol. The number of carboxylic acids is 1.